The summed E-state index contributed by atoms with van der Waals surface area (Å²) in [6.07, 6.45) is 6.04. The zero-order valence-corrected chi connectivity index (χ0v) is 14.4. The van der Waals surface area contributed by atoms with Gasteiger partial charge in [0.15, 0.2) is 0 Å². The topological polar surface area (TPSA) is 72.3 Å². The van der Waals surface area contributed by atoms with Crippen molar-refractivity contribution in [3.8, 4) is 5.69 Å². The Bertz CT molecular complexity index is 807. The van der Waals surface area contributed by atoms with Crippen molar-refractivity contribution in [1.82, 2.24) is 14.7 Å². The predicted molar refractivity (Wildman–Crippen MR) is 91.9 cm³/mol. The Morgan fingerprint density at radius 2 is 1.88 bits per heavy atom. The average Bonchev–Trinajstić information content (AvgIpc) is 3.04. The minimum atomic E-state index is -2.96. The summed E-state index contributed by atoms with van der Waals surface area (Å²) in [5.74, 6) is 0.312. The zero-order chi connectivity index (χ0) is 17.2. The third kappa shape index (κ3) is 4.03. The van der Waals surface area contributed by atoms with Gasteiger partial charge in [-0.1, -0.05) is 18.2 Å². The maximum Gasteiger partial charge on any atom is 0.257 e. The maximum absolute atomic E-state index is 12.6. The van der Waals surface area contributed by atoms with Gasteiger partial charge in [0.25, 0.3) is 5.91 Å². The summed E-state index contributed by atoms with van der Waals surface area (Å²) in [6, 6.07) is 9.63. The number of aromatic nitrogens is 2. The molecule has 2 aromatic rings. The van der Waals surface area contributed by atoms with Gasteiger partial charge in [-0.3, -0.25) is 4.79 Å². The molecule has 24 heavy (non-hydrogen) atoms. The van der Waals surface area contributed by atoms with Crippen LogP contribution in [0.2, 0.25) is 0 Å². The van der Waals surface area contributed by atoms with Crippen molar-refractivity contribution in [2.75, 3.05) is 25.1 Å². The fourth-order valence-corrected chi connectivity index (χ4v) is 4.26. The number of hydrogen-bond donors (Lipinski definition) is 0. The van der Waals surface area contributed by atoms with Crippen LogP contribution in [-0.4, -0.2) is 54.1 Å². The van der Waals surface area contributed by atoms with E-state index in [-0.39, 0.29) is 17.6 Å². The van der Waals surface area contributed by atoms with Crippen LogP contribution in [0.5, 0.6) is 0 Å². The Hall–Kier alpha value is -2.15. The Morgan fingerprint density at radius 1 is 1.21 bits per heavy atom. The van der Waals surface area contributed by atoms with E-state index in [2.05, 4.69) is 5.10 Å². The molecule has 0 spiro atoms. The maximum atomic E-state index is 12.6. The number of para-hydroxylation sites is 1. The predicted octanol–water partition coefficient (Wildman–Crippen LogP) is 1.77. The minimum absolute atomic E-state index is 0.0463. The fourth-order valence-electron chi connectivity index (χ4n) is 3.07. The molecular weight excluding hydrogens is 326 g/mol. The van der Waals surface area contributed by atoms with Crippen molar-refractivity contribution in [2.45, 2.75) is 12.8 Å². The number of sulfone groups is 1. The van der Waals surface area contributed by atoms with Crippen LogP contribution in [0, 0.1) is 5.92 Å². The average molecular weight is 347 g/mol. The summed E-state index contributed by atoms with van der Waals surface area (Å²) in [5.41, 5.74) is 1.46. The molecule has 2 heterocycles. The SMILES string of the molecule is CS(=O)(=O)CC1CCN(C(=O)c2cnn(-c3ccccc3)c2)CC1. The molecule has 3 rings (SSSR count). The van der Waals surface area contributed by atoms with Crippen LogP contribution in [0.1, 0.15) is 23.2 Å². The van der Waals surface area contributed by atoms with Gasteiger partial charge in [0, 0.05) is 25.5 Å². The first-order valence-electron chi connectivity index (χ1n) is 7.99. The number of rotatable bonds is 4. The molecular formula is C17H21N3O3S. The third-order valence-electron chi connectivity index (χ3n) is 4.29. The number of carbonyl (C=O) groups excluding carboxylic acids is 1. The van der Waals surface area contributed by atoms with Gasteiger partial charge in [-0.15, -0.1) is 0 Å². The van der Waals surface area contributed by atoms with Crippen LogP contribution >= 0.6 is 0 Å². The molecule has 1 aromatic carbocycles. The van der Waals surface area contributed by atoms with Crippen molar-refractivity contribution in [3.05, 3.63) is 48.3 Å². The van der Waals surface area contributed by atoms with E-state index >= 15 is 0 Å². The van der Waals surface area contributed by atoms with Gasteiger partial charge in [-0.05, 0) is 30.9 Å². The molecule has 0 bridgehead atoms. The van der Waals surface area contributed by atoms with Crippen molar-refractivity contribution < 1.29 is 13.2 Å². The Balaban J connectivity index is 1.63. The molecule has 6 nitrogen and oxygen atoms in total. The van der Waals surface area contributed by atoms with E-state index in [1.54, 1.807) is 22.0 Å². The quantitative estimate of drug-likeness (QED) is 0.845. The summed E-state index contributed by atoms with van der Waals surface area (Å²) < 4.78 is 24.4. The molecule has 1 fully saturated rings. The van der Waals surface area contributed by atoms with Crippen molar-refractivity contribution in [1.29, 1.82) is 0 Å². The minimum Gasteiger partial charge on any atom is -0.339 e. The second-order valence-corrected chi connectivity index (χ2v) is 8.52. The van der Waals surface area contributed by atoms with E-state index < -0.39 is 9.84 Å². The van der Waals surface area contributed by atoms with Crippen LogP contribution in [0.15, 0.2) is 42.7 Å². The van der Waals surface area contributed by atoms with Gasteiger partial charge in [0.2, 0.25) is 0 Å². The van der Waals surface area contributed by atoms with Gasteiger partial charge >= 0.3 is 0 Å². The number of benzene rings is 1. The summed E-state index contributed by atoms with van der Waals surface area (Å²) in [5, 5.41) is 4.26. The highest BCUT2D eigenvalue weighted by Gasteiger charge is 2.26. The molecule has 1 saturated heterocycles. The standard InChI is InChI=1S/C17H21N3O3S/c1-24(22,23)13-14-7-9-19(10-8-14)17(21)15-11-18-20(12-15)16-5-3-2-4-6-16/h2-6,11-12,14H,7-10,13H2,1H3. The summed E-state index contributed by atoms with van der Waals surface area (Å²) in [4.78, 5) is 14.4. The lowest BCUT2D eigenvalue weighted by molar-refractivity contribution is 0.0698. The molecule has 0 saturated carbocycles. The molecule has 0 radical (unpaired) electrons. The lowest BCUT2D eigenvalue weighted by Crippen LogP contribution is -2.39. The normalized spacial score (nSPS) is 16.3. The highest BCUT2D eigenvalue weighted by atomic mass is 32.2. The molecule has 0 N–H and O–H groups in total. The molecule has 7 heteroatoms. The van der Waals surface area contributed by atoms with Gasteiger partial charge < -0.3 is 4.90 Å². The zero-order valence-electron chi connectivity index (χ0n) is 13.6. The Labute approximate surface area is 142 Å². The second-order valence-electron chi connectivity index (χ2n) is 6.34. The lowest BCUT2D eigenvalue weighted by atomic mass is 9.98. The van der Waals surface area contributed by atoms with E-state index in [4.69, 9.17) is 0 Å². The van der Waals surface area contributed by atoms with Crippen LogP contribution in [0.25, 0.3) is 5.69 Å². The molecule has 1 aromatic heterocycles. The van der Waals surface area contributed by atoms with E-state index in [9.17, 15) is 13.2 Å². The largest absolute Gasteiger partial charge is 0.339 e. The molecule has 128 valence electrons. The van der Waals surface area contributed by atoms with Crippen LogP contribution < -0.4 is 0 Å². The van der Waals surface area contributed by atoms with Gasteiger partial charge in [0.05, 0.1) is 23.2 Å². The molecule has 0 unspecified atom stereocenters. The van der Waals surface area contributed by atoms with E-state index in [1.165, 1.54) is 6.26 Å². The second kappa shape index (κ2) is 6.76. The number of carbonyl (C=O) groups is 1. The molecule has 0 atom stereocenters. The summed E-state index contributed by atoms with van der Waals surface area (Å²) in [7, 11) is -2.96. The number of hydrogen-bond acceptors (Lipinski definition) is 4. The van der Waals surface area contributed by atoms with Crippen LogP contribution in [-0.2, 0) is 9.84 Å². The highest BCUT2D eigenvalue weighted by Crippen LogP contribution is 2.20. The number of likely N-dealkylation sites (tertiary alicyclic amines) is 1. The number of piperidine rings is 1. The lowest BCUT2D eigenvalue weighted by Gasteiger charge is -2.31. The monoisotopic (exact) mass is 347 g/mol. The van der Waals surface area contributed by atoms with E-state index in [0.717, 1.165) is 18.5 Å². The first kappa shape index (κ1) is 16.7. The molecule has 1 amide bonds. The Morgan fingerprint density at radius 3 is 2.50 bits per heavy atom. The van der Waals surface area contributed by atoms with Crippen molar-refractivity contribution in [3.63, 3.8) is 0 Å². The van der Waals surface area contributed by atoms with Crippen molar-refractivity contribution >= 4 is 15.7 Å². The molecule has 1 aliphatic rings. The van der Waals surface area contributed by atoms with Crippen LogP contribution in [0.4, 0.5) is 0 Å². The molecule has 0 aliphatic carbocycles. The number of amides is 1. The van der Waals surface area contributed by atoms with Gasteiger partial charge in [0.1, 0.15) is 9.84 Å². The van der Waals surface area contributed by atoms with Gasteiger partial charge in [-0.25, -0.2) is 13.1 Å². The van der Waals surface area contributed by atoms with Crippen molar-refractivity contribution in [2.24, 2.45) is 5.92 Å². The van der Waals surface area contributed by atoms with E-state index in [1.807, 2.05) is 30.3 Å². The first-order chi connectivity index (χ1) is 11.4. The number of nitrogens with zero attached hydrogens (tertiary/aromatic N) is 3. The smallest absolute Gasteiger partial charge is 0.257 e. The first-order valence-corrected chi connectivity index (χ1v) is 10.1. The van der Waals surface area contributed by atoms with E-state index in [0.29, 0.717) is 18.7 Å². The van der Waals surface area contributed by atoms with Crippen LogP contribution in [0.3, 0.4) is 0 Å². The fraction of sp³-hybridized carbons (Fsp3) is 0.412. The third-order valence-corrected chi connectivity index (χ3v) is 5.37. The molecule has 1 aliphatic heterocycles. The highest BCUT2D eigenvalue weighted by molar-refractivity contribution is 7.90. The summed E-state index contributed by atoms with van der Waals surface area (Å²) >= 11 is 0. The summed E-state index contributed by atoms with van der Waals surface area (Å²) in [6.45, 7) is 1.19. The van der Waals surface area contributed by atoms with Gasteiger partial charge in [-0.2, -0.15) is 5.10 Å². The Kier molecular flexibility index (Phi) is 4.71.